The summed E-state index contributed by atoms with van der Waals surface area (Å²) in [6, 6.07) is 55.5. The summed E-state index contributed by atoms with van der Waals surface area (Å²) in [4.78, 5) is 36.3. The van der Waals surface area contributed by atoms with Gasteiger partial charge in [-0.3, -0.25) is 9.59 Å². The van der Waals surface area contributed by atoms with Gasteiger partial charge in [-0.25, -0.2) is 27.7 Å². The molecule has 108 heavy (non-hydrogen) atoms. The quantitative estimate of drug-likeness (QED) is 0.0176. The van der Waals surface area contributed by atoms with Crippen molar-refractivity contribution in [3.05, 3.63) is 301 Å². The molecule has 0 unspecified atom stereocenters. The minimum Gasteiger partial charge on any atom is -0.289 e. The molecule has 11 aromatic rings. The molecule has 0 atom stereocenters. The number of fused-ring (bicyclic) bond motifs is 12. The van der Waals surface area contributed by atoms with Gasteiger partial charge in [0.25, 0.3) is 5.70 Å². The van der Waals surface area contributed by atoms with Crippen molar-refractivity contribution < 1.29 is 27.2 Å². The van der Waals surface area contributed by atoms with Gasteiger partial charge in [0.15, 0.2) is 34.8 Å². The molecule has 6 nitrogen and oxygen atoms in total. The van der Waals surface area contributed by atoms with Crippen molar-refractivity contribution in [1.82, 2.24) is 0 Å². The smallest absolute Gasteiger partial charge is 0.270 e. The van der Waals surface area contributed by atoms with Crippen molar-refractivity contribution in [3.8, 4) is 39.1 Å². The van der Waals surface area contributed by atoms with Crippen LogP contribution in [0.2, 0.25) is 0 Å². The Morgan fingerprint density at radius 1 is 0.407 bits per heavy atom. The molecule has 0 saturated carbocycles. The maximum absolute atomic E-state index is 15.2. The van der Waals surface area contributed by atoms with Gasteiger partial charge in [-0.2, -0.15) is 10.5 Å². The molecule has 0 saturated heterocycles. The Bertz CT molecular complexity index is 5270. The summed E-state index contributed by atoms with van der Waals surface area (Å²) in [5.74, 6) is -6.01. The van der Waals surface area contributed by atoms with Crippen LogP contribution in [0.3, 0.4) is 0 Å². The summed E-state index contributed by atoms with van der Waals surface area (Å²) in [7, 11) is 0. The van der Waals surface area contributed by atoms with Gasteiger partial charge in [0.05, 0.1) is 32.9 Å². The van der Waals surface area contributed by atoms with Gasteiger partial charge >= 0.3 is 0 Å². The van der Waals surface area contributed by atoms with Gasteiger partial charge in [0, 0.05) is 73.5 Å². The van der Waals surface area contributed by atoms with Crippen molar-refractivity contribution in [2.45, 2.75) is 167 Å². The fraction of sp³-hybridized carbons (Fsp3) is 0.277. The Hall–Kier alpha value is -10.2. The zero-order valence-corrected chi connectivity index (χ0v) is 64.2. The minimum absolute atomic E-state index is 0.00374. The minimum atomic E-state index is -1.21. The van der Waals surface area contributed by atoms with E-state index in [-0.39, 0.29) is 50.1 Å². The highest BCUT2D eigenvalue weighted by Crippen LogP contribution is 2.68. The van der Waals surface area contributed by atoms with E-state index in [1.54, 1.807) is 34.8 Å². The SMILES string of the molecule is [C-]#[N+]/C(C#N)=C1/C(=C/c2cc3sc4c(c3s2)C(c2ccc(CCCCCC)cc2)(c2ccc(CCCCCC)cc2)c2cc3c(cc2-4)C(c2ccc(CCCCCC)cc2)(c2ccc(CCCCCC)cc2)c2c-3sc3cc(/C=C4\C(=O)c5cc(F)c(F)cc5C4=C(C#N)C#N)sc23)C(=O)c2cc(F)c(F)cc21. The largest absolute Gasteiger partial charge is 0.289 e. The number of hydrogen-bond acceptors (Lipinski definition) is 9. The Labute approximate surface area is 644 Å². The zero-order chi connectivity index (χ0) is 75.1. The monoisotopic (exact) mass is 1500 g/mol. The van der Waals surface area contributed by atoms with E-state index >= 15 is 17.6 Å². The third-order valence-electron chi connectivity index (χ3n) is 22.5. The van der Waals surface area contributed by atoms with E-state index < -0.39 is 51.4 Å². The maximum atomic E-state index is 15.2. The summed E-state index contributed by atoms with van der Waals surface area (Å²) < 4.78 is 64.5. The van der Waals surface area contributed by atoms with E-state index in [1.807, 2.05) is 18.2 Å². The Morgan fingerprint density at radius 3 is 1.05 bits per heavy atom. The molecule has 0 bridgehead atoms. The van der Waals surface area contributed by atoms with Crippen LogP contribution >= 0.6 is 45.3 Å². The molecule has 4 aromatic heterocycles. The summed E-state index contributed by atoms with van der Waals surface area (Å²) in [5, 5.41) is 31.2. The first-order valence-corrected chi connectivity index (χ1v) is 41.2. The molecule has 4 heterocycles. The molecule has 4 aliphatic rings. The van der Waals surface area contributed by atoms with Gasteiger partial charge in [-0.1, -0.05) is 202 Å². The topological polar surface area (TPSA) is 110 Å². The molecule has 15 rings (SSSR count). The van der Waals surface area contributed by atoms with Crippen molar-refractivity contribution in [1.29, 1.82) is 15.8 Å². The van der Waals surface area contributed by atoms with Crippen LogP contribution in [0.15, 0.2) is 168 Å². The number of halogens is 4. The third-order valence-corrected chi connectivity index (χ3v) is 27.3. The van der Waals surface area contributed by atoms with Crippen LogP contribution in [0.4, 0.5) is 17.6 Å². The first-order chi connectivity index (χ1) is 52.7. The van der Waals surface area contributed by atoms with Crippen molar-refractivity contribution in [2.75, 3.05) is 0 Å². The Kier molecular flexibility index (Phi) is 20.9. The van der Waals surface area contributed by atoms with Crippen molar-refractivity contribution in [2.24, 2.45) is 0 Å². The van der Waals surface area contributed by atoms with E-state index in [1.165, 1.54) is 44.9 Å². The number of nitrogens with zero attached hydrogens (tertiary/aromatic N) is 4. The number of benzene rings is 7. The van der Waals surface area contributed by atoms with Gasteiger partial charge in [-0.15, -0.1) is 45.3 Å². The molecule has 0 aliphatic heterocycles. The fourth-order valence-electron chi connectivity index (χ4n) is 17.2. The van der Waals surface area contributed by atoms with Gasteiger partial charge in [-0.05, 0) is 190 Å². The van der Waals surface area contributed by atoms with Crippen LogP contribution < -0.4 is 0 Å². The highest BCUT2D eigenvalue weighted by molar-refractivity contribution is 7.31. The number of hydrogen-bond donors (Lipinski definition) is 0. The number of unbranched alkanes of at least 4 members (excludes halogenated alkanes) is 12. The summed E-state index contributed by atoms with van der Waals surface area (Å²) in [5.41, 5.74) is 12.8. The number of carbonyl (C=O) groups excluding carboxylic acids is 2. The summed E-state index contributed by atoms with van der Waals surface area (Å²) in [6.45, 7) is 17.0. The lowest BCUT2D eigenvalue weighted by atomic mass is 9.65. The molecule has 538 valence electrons. The second kappa shape index (κ2) is 30.8. The summed E-state index contributed by atoms with van der Waals surface area (Å²) in [6.07, 6.45) is 25.1. The third kappa shape index (κ3) is 12.6. The van der Waals surface area contributed by atoms with Crippen LogP contribution in [-0.4, -0.2) is 11.6 Å². The number of thiophene rings is 4. The second-order valence-corrected chi connectivity index (χ2v) is 33.4. The van der Waals surface area contributed by atoms with Crippen LogP contribution in [-0.2, 0) is 36.5 Å². The molecular formula is C94H78F4N4O2S4. The first kappa shape index (κ1) is 73.4. The van der Waals surface area contributed by atoms with Crippen LogP contribution in [0.25, 0.3) is 67.8 Å². The molecule has 0 N–H and O–H groups in total. The lowest BCUT2D eigenvalue weighted by Gasteiger charge is -2.36. The lowest BCUT2D eigenvalue weighted by Crippen LogP contribution is -2.30. The van der Waals surface area contributed by atoms with E-state index in [4.69, 9.17) is 6.57 Å². The molecule has 7 aromatic carbocycles. The number of nitriles is 3. The predicted octanol–water partition coefficient (Wildman–Crippen LogP) is 26.5. The lowest BCUT2D eigenvalue weighted by molar-refractivity contribution is 0.103. The number of ketones is 2. The predicted molar refractivity (Wildman–Crippen MR) is 434 cm³/mol. The Morgan fingerprint density at radius 2 is 0.731 bits per heavy atom. The maximum Gasteiger partial charge on any atom is 0.270 e. The number of allylic oxidation sites excluding steroid dienone is 6. The number of rotatable bonds is 26. The average Bonchev–Trinajstić information content (AvgIpc) is 1.49. The van der Waals surface area contributed by atoms with Crippen molar-refractivity contribution >= 4 is 99.0 Å². The summed E-state index contributed by atoms with van der Waals surface area (Å²) >= 11 is 6.41. The standard InChI is InChI=1S/C94H78F4N4O2S4/c1-6-10-14-18-22-55-26-34-60(35-27-55)93(61-36-28-56(29-37-61)23-19-15-11-7-2)74-47-71-75(46-70(74)89-85(93)91-81(107-89)44-64(105-91)42-72-83(59(52-99)53-100)66-48-76(95)78(97)50-68(66)87(72)103)94(62-38-30-57(31-39-62)24-20-16-12-8-3,63-40-32-58(33-41-63)25-21-17-13-9-4)86-90(71)108-82-45-65(106-92(82)86)43-73-84(80(54-101)102-5)67-49-77(96)79(98)51-69(67)88(73)104/h26-51H,6-25H2,1-4H3/b72-42-,73-43-,84-80+. The molecule has 14 heteroatoms. The van der Waals surface area contributed by atoms with E-state index in [0.717, 1.165) is 237 Å². The number of aryl methyl sites for hydroxylation is 4. The molecule has 0 spiro atoms. The molecule has 0 fully saturated rings. The van der Waals surface area contributed by atoms with Crippen LogP contribution in [0.5, 0.6) is 0 Å². The normalized spacial score (nSPS) is 15.3. The molecular weight excluding hydrogens is 1420 g/mol. The van der Waals surface area contributed by atoms with Gasteiger partial charge in [0.1, 0.15) is 17.7 Å². The second-order valence-electron chi connectivity index (χ2n) is 29.1. The van der Waals surface area contributed by atoms with E-state index in [2.05, 4.69) is 154 Å². The Balaban J connectivity index is 1.01. The van der Waals surface area contributed by atoms with Gasteiger partial charge in [0.2, 0.25) is 0 Å². The highest BCUT2D eigenvalue weighted by atomic mass is 32.1. The van der Waals surface area contributed by atoms with E-state index in [9.17, 15) is 25.4 Å². The van der Waals surface area contributed by atoms with Gasteiger partial charge < -0.3 is 0 Å². The highest BCUT2D eigenvalue weighted by Gasteiger charge is 2.55. The van der Waals surface area contributed by atoms with Crippen molar-refractivity contribution in [3.63, 3.8) is 0 Å². The molecule has 4 aliphatic carbocycles. The number of carbonyl (C=O) groups is 2. The van der Waals surface area contributed by atoms with E-state index in [0.29, 0.717) is 9.75 Å². The van der Waals surface area contributed by atoms with Crippen LogP contribution in [0.1, 0.15) is 239 Å². The first-order valence-electron chi connectivity index (χ1n) is 38.0. The molecule has 0 radical (unpaired) electrons. The van der Waals surface area contributed by atoms with Crippen LogP contribution in [0, 0.1) is 63.8 Å². The number of Topliss-reactive ketones (excluding diaryl/α,β-unsaturated/α-hetero) is 2. The zero-order valence-electron chi connectivity index (χ0n) is 60.9. The fourth-order valence-corrected chi connectivity index (χ4v) is 22.6. The average molecular weight is 1500 g/mol. The molecule has 0 amide bonds.